The first-order chi connectivity index (χ1) is 16.2. The van der Waals surface area contributed by atoms with E-state index in [1.807, 2.05) is 58.8 Å². The van der Waals surface area contributed by atoms with E-state index < -0.39 is 0 Å². The van der Waals surface area contributed by atoms with Gasteiger partial charge in [-0.05, 0) is 11.1 Å². The van der Waals surface area contributed by atoms with Gasteiger partial charge in [0.05, 0.1) is 18.5 Å². The highest BCUT2D eigenvalue weighted by Crippen LogP contribution is 2.17. The Bertz CT molecular complexity index is 1070. The summed E-state index contributed by atoms with van der Waals surface area (Å²) in [5, 5.41) is 5.21. The lowest BCUT2D eigenvalue weighted by molar-refractivity contribution is -0.132. The maximum absolute atomic E-state index is 12.7. The van der Waals surface area contributed by atoms with E-state index >= 15 is 0 Å². The maximum Gasteiger partial charge on any atom is 0.230 e. The molecular formula is C26H28N4O2S. The number of anilines is 1. The number of carbonyl (C=O) groups excluding carboxylic acids is 2. The Morgan fingerprint density at radius 3 is 2.36 bits per heavy atom. The maximum atomic E-state index is 12.7. The van der Waals surface area contributed by atoms with Gasteiger partial charge in [-0.3, -0.25) is 14.5 Å². The van der Waals surface area contributed by atoms with Crippen molar-refractivity contribution in [3.05, 3.63) is 88.9 Å². The first-order valence-electron chi connectivity index (χ1n) is 11.2. The van der Waals surface area contributed by atoms with Crippen LogP contribution in [0.4, 0.5) is 5.13 Å². The van der Waals surface area contributed by atoms with E-state index in [-0.39, 0.29) is 18.2 Å². The minimum atomic E-state index is -0.106. The highest BCUT2D eigenvalue weighted by molar-refractivity contribution is 7.13. The molecule has 2 heterocycles. The Hall–Kier alpha value is -3.29. The van der Waals surface area contributed by atoms with Crippen molar-refractivity contribution in [1.82, 2.24) is 14.8 Å². The molecule has 0 atom stereocenters. The van der Waals surface area contributed by atoms with Crippen molar-refractivity contribution in [3.63, 3.8) is 0 Å². The van der Waals surface area contributed by atoms with Crippen LogP contribution >= 0.6 is 11.3 Å². The van der Waals surface area contributed by atoms with Crippen LogP contribution in [0.5, 0.6) is 0 Å². The molecule has 170 valence electrons. The number of nitrogens with zero attached hydrogens (tertiary/aromatic N) is 3. The highest BCUT2D eigenvalue weighted by atomic mass is 32.1. The normalized spacial score (nSPS) is 14.5. The van der Waals surface area contributed by atoms with Gasteiger partial charge in [0.25, 0.3) is 0 Å². The van der Waals surface area contributed by atoms with Crippen LogP contribution in [0.25, 0.3) is 6.08 Å². The third-order valence-electron chi connectivity index (χ3n) is 5.54. The number of benzene rings is 2. The van der Waals surface area contributed by atoms with Gasteiger partial charge in [0.1, 0.15) is 0 Å². The Labute approximate surface area is 198 Å². The van der Waals surface area contributed by atoms with E-state index in [4.69, 9.17) is 0 Å². The summed E-state index contributed by atoms with van der Waals surface area (Å²) in [5.41, 5.74) is 2.86. The van der Waals surface area contributed by atoms with Crippen molar-refractivity contribution in [2.24, 2.45) is 0 Å². The third kappa shape index (κ3) is 7.10. The molecule has 7 heteroatoms. The molecule has 0 radical (unpaired) electrons. The van der Waals surface area contributed by atoms with Crippen LogP contribution in [0, 0.1) is 0 Å². The van der Waals surface area contributed by atoms with Gasteiger partial charge >= 0.3 is 0 Å². The van der Waals surface area contributed by atoms with E-state index in [9.17, 15) is 9.59 Å². The zero-order valence-electron chi connectivity index (χ0n) is 18.5. The molecule has 1 saturated heterocycles. The molecule has 3 aromatic rings. The number of rotatable bonds is 8. The predicted molar refractivity (Wildman–Crippen MR) is 133 cm³/mol. The second-order valence-electron chi connectivity index (χ2n) is 8.03. The molecule has 0 unspecified atom stereocenters. The average molecular weight is 461 g/mol. The Morgan fingerprint density at radius 2 is 1.64 bits per heavy atom. The van der Waals surface area contributed by atoms with Gasteiger partial charge in [-0.2, -0.15) is 0 Å². The summed E-state index contributed by atoms with van der Waals surface area (Å²) in [6, 6.07) is 19.9. The molecule has 0 aliphatic carbocycles. The summed E-state index contributed by atoms with van der Waals surface area (Å²) in [7, 11) is 0. The van der Waals surface area contributed by atoms with Crippen LogP contribution in [0.15, 0.2) is 72.1 Å². The lowest BCUT2D eigenvalue weighted by atomic mass is 10.1. The highest BCUT2D eigenvalue weighted by Gasteiger charge is 2.21. The molecule has 0 bridgehead atoms. The quantitative estimate of drug-likeness (QED) is 0.556. The van der Waals surface area contributed by atoms with Gasteiger partial charge in [-0.1, -0.05) is 72.8 Å². The van der Waals surface area contributed by atoms with Crippen molar-refractivity contribution in [2.45, 2.75) is 12.8 Å². The van der Waals surface area contributed by atoms with Crippen LogP contribution in [0.3, 0.4) is 0 Å². The summed E-state index contributed by atoms with van der Waals surface area (Å²) in [6.07, 6.45) is 4.88. The lowest BCUT2D eigenvalue weighted by Crippen LogP contribution is -2.49. The molecule has 1 aromatic heterocycles. The summed E-state index contributed by atoms with van der Waals surface area (Å²) in [6.45, 7) is 4.06. The van der Waals surface area contributed by atoms with Crippen LogP contribution < -0.4 is 5.32 Å². The lowest BCUT2D eigenvalue weighted by Gasteiger charge is -2.34. The molecule has 6 nitrogen and oxygen atoms in total. The van der Waals surface area contributed by atoms with Crippen LogP contribution in [-0.2, 0) is 22.4 Å². The van der Waals surface area contributed by atoms with Gasteiger partial charge in [0.2, 0.25) is 11.8 Å². The number of carbonyl (C=O) groups is 2. The van der Waals surface area contributed by atoms with E-state index in [0.717, 1.165) is 38.3 Å². The summed E-state index contributed by atoms with van der Waals surface area (Å²) in [4.78, 5) is 33.6. The van der Waals surface area contributed by atoms with Gasteiger partial charge in [0, 0.05) is 38.1 Å². The van der Waals surface area contributed by atoms with E-state index in [0.29, 0.717) is 17.2 Å². The molecular weight excluding hydrogens is 432 g/mol. The SMILES string of the molecule is O=C(Cc1ccccc1)Nc1nc(CC(=O)N2CCN(C/C=C/c3ccccc3)CC2)cs1. The van der Waals surface area contributed by atoms with Gasteiger partial charge in [-0.15, -0.1) is 11.3 Å². The standard InChI is InChI=1S/C26H28N4O2S/c31-24(18-22-10-5-2-6-11-22)28-26-27-23(20-33-26)19-25(32)30-16-14-29(15-17-30)13-7-12-21-8-3-1-4-9-21/h1-12,20H,13-19H2,(H,27,28,31)/b12-7+. The third-order valence-corrected chi connectivity index (χ3v) is 6.34. The monoisotopic (exact) mass is 460 g/mol. The van der Waals surface area contributed by atoms with Gasteiger partial charge in [0.15, 0.2) is 5.13 Å². The largest absolute Gasteiger partial charge is 0.340 e. The molecule has 1 aliphatic heterocycles. The first-order valence-corrected chi connectivity index (χ1v) is 12.0. The van der Waals surface area contributed by atoms with Gasteiger partial charge < -0.3 is 10.2 Å². The number of nitrogens with one attached hydrogen (secondary N) is 1. The second kappa shape index (κ2) is 11.5. The van der Waals surface area contributed by atoms with Crippen LogP contribution in [-0.4, -0.2) is 59.3 Å². The molecule has 0 saturated carbocycles. The van der Waals surface area contributed by atoms with E-state index in [1.54, 1.807) is 0 Å². The molecule has 4 rings (SSSR count). The fourth-order valence-electron chi connectivity index (χ4n) is 3.74. The number of hydrogen-bond donors (Lipinski definition) is 1. The number of thiazole rings is 1. The predicted octanol–water partition coefficient (Wildman–Crippen LogP) is 3.72. The second-order valence-corrected chi connectivity index (χ2v) is 8.88. The minimum absolute atomic E-state index is 0.0851. The van der Waals surface area contributed by atoms with Crippen molar-refractivity contribution in [2.75, 3.05) is 38.0 Å². The minimum Gasteiger partial charge on any atom is -0.340 e. The summed E-state index contributed by atoms with van der Waals surface area (Å²) >= 11 is 1.36. The van der Waals surface area contributed by atoms with Crippen LogP contribution in [0.1, 0.15) is 16.8 Å². The average Bonchev–Trinajstić information content (AvgIpc) is 3.27. The number of piperazine rings is 1. The summed E-state index contributed by atoms with van der Waals surface area (Å²) in [5.74, 6) is -0.0206. The molecule has 1 aliphatic rings. The smallest absolute Gasteiger partial charge is 0.230 e. The zero-order chi connectivity index (χ0) is 22.9. The topological polar surface area (TPSA) is 65.5 Å². The fourth-order valence-corrected chi connectivity index (χ4v) is 4.47. The van der Waals surface area contributed by atoms with E-state index in [1.165, 1.54) is 16.9 Å². The van der Waals surface area contributed by atoms with Gasteiger partial charge in [-0.25, -0.2) is 4.98 Å². The zero-order valence-corrected chi connectivity index (χ0v) is 19.3. The van der Waals surface area contributed by atoms with E-state index in [2.05, 4.69) is 39.5 Å². The fraction of sp³-hybridized carbons (Fsp3) is 0.269. The Morgan fingerprint density at radius 1 is 0.939 bits per heavy atom. The first kappa shape index (κ1) is 22.9. The Balaban J connectivity index is 1.19. The molecule has 0 spiro atoms. The van der Waals surface area contributed by atoms with Crippen molar-refractivity contribution >= 4 is 34.4 Å². The van der Waals surface area contributed by atoms with Crippen molar-refractivity contribution < 1.29 is 9.59 Å². The summed E-state index contributed by atoms with van der Waals surface area (Å²) < 4.78 is 0. The van der Waals surface area contributed by atoms with Crippen molar-refractivity contribution in [1.29, 1.82) is 0 Å². The Kier molecular flexibility index (Phi) is 8.00. The molecule has 1 N–H and O–H groups in total. The van der Waals surface area contributed by atoms with Crippen LogP contribution in [0.2, 0.25) is 0 Å². The molecule has 1 fully saturated rings. The molecule has 2 amide bonds. The van der Waals surface area contributed by atoms with Crippen molar-refractivity contribution in [3.8, 4) is 0 Å². The molecule has 33 heavy (non-hydrogen) atoms. The number of hydrogen-bond acceptors (Lipinski definition) is 5. The molecule has 2 aromatic carbocycles. The number of amides is 2. The number of aromatic nitrogens is 1.